The minimum Gasteiger partial charge on any atom is -0.313 e. The van der Waals surface area contributed by atoms with Gasteiger partial charge in [0.1, 0.15) is 13.1 Å². The monoisotopic (exact) mass is 216 g/mol. The molecule has 1 aromatic carbocycles. The van der Waals surface area contributed by atoms with Crippen molar-refractivity contribution < 1.29 is 9.28 Å². The highest BCUT2D eigenvalue weighted by atomic mass is 16.1. The van der Waals surface area contributed by atoms with E-state index in [1.54, 1.807) is 0 Å². The highest BCUT2D eigenvalue weighted by Gasteiger charge is 2.46. The van der Waals surface area contributed by atoms with Gasteiger partial charge in [0.05, 0.1) is 19.0 Å². The van der Waals surface area contributed by atoms with Crippen LogP contribution in [0.3, 0.4) is 0 Å². The molecule has 2 aliphatic rings. The molecule has 0 spiro atoms. The molecule has 2 bridgehead atoms. The quantitative estimate of drug-likeness (QED) is 0.691. The van der Waals surface area contributed by atoms with Crippen molar-refractivity contribution >= 4 is 5.78 Å². The smallest absolute Gasteiger partial charge is 0.195 e. The molecule has 2 aliphatic heterocycles. The number of Topliss-reactive ketones (excluding diaryl/α,β-unsaturated/α-hetero) is 1. The fourth-order valence-corrected chi connectivity index (χ4v) is 3.36. The van der Waals surface area contributed by atoms with Gasteiger partial charge in [-0.3, -0.25) is 4.79 Å². The Morgan fingerprint density at radius 3 is 2.88 bits per heavy atom. The van der Waals surface area contributed by atoms with Gasteiger partial charge in [-0.25, -0.2) is 0 Å². The van der Waals surface area contributed by atoms with Crippen molar-refractivity contribution in [2.24, 2.45) is 5.92 Å². The summed E-state index contributed by atoms with van der Waals surface area (Å²) in [5.41, 5.74) is 1.37. The first-order valence-corrected chi connectivity index (χ1v) is 6.19. The number of ketones is 1. The Kier molecular flexibility index (Phi) is 2.32. The van der Waals surface area contributed by atoms with Gasteiger partial charge >= 0.3 is 0 Å². The fourth-order valence-electron chi connectivity index (χ4n) is 3.36. The van der Waals surface area contributed by atoms with Crippen LogP contribution in [-0.2, 0) is 11.3 Å². The Morgan fingerprint density at radius 1 is 1.25 bits per heavy atom. The van der Waals surface area contributed by atoms with Crippen molar-refractivity contribution in [3.8, 4) is 0 Å². The fraction of sp³-hybridized carbons (Fsp3) is 0.500. The second kappa shape index (κ2) is 3.70. The van der Waals surface area contributed by atoms with E-state index < -0.39 is 0 Å². The van der Waals surface area contributed by atoms with E-state index in [4.69, 9.17) is 0 Å². The number of carbonyl (C=O) groups is 1. The van der Waals surface area contributed by atoms with E-state index in [0.29, 0.717) is 11.7 Å². The second-order valence-electron chi connectivity index (χ2n) is 5.36. The first-order valence-electron chi connectivity index (χ1n) is 6.19. The largest absolute Gasteiger partial charge is 0.313 e. The number of hydrogen-bond donors (Lipinski definition) is 0. The van der Waals surface area contributed by atoms with Gasteiger partial charge in [0, 0.05) is 5.56 Å². The Morgan fingerprint density at radius 2 is 2.06 bits per heavy atom. The first kappa shape index (κ1) is 10.0. The van der Waals surface area contributed by atoms with Gasteiger partial charge in [0.15, 0.2) is 5.78 Å². The minimum atomic E-state index is 0.373. The van der Waals surface area contributed by atoms with Gasteiger partial charge in [-0.15, -0.1) is 0 Å². The zero-order valence-corrected chi connectivity index (χ0v) is 9.56. The van der Waals surface area contributed by atoms with Crippen LogP contribution in [0.1, 0.15) is 18.4 Å². The number of benzene rings is 1. The second-order valence-corrected chi connectivity index (χ2v) is 5.36. The summed E-state index contributed by atoms with van der Waals surface area (Å²) in [5, 5.41) is 0. The normalized spacial score (nSPS) is 33.0. The molecule has 0 saturated carbocycles. The average Bonchev–Trinajstić information content (AvgIpc) is 2.50. The zero-order valence-electron chi connectivity index (χ0n) is 9.56. The molecule has 0 radical (unpaired) electrons. The summed E-state index contributed by atoms with van der Waals surface area (Å²) in [7, 11) is 0. The summed E-state index contributed by atoms with van der Waals surface area (Å²) >= 11 is 0. The summed E-state index contributed by atoms with van der Waals surface area (Å²) in [5.74, 6) is 0.880. The highest BCUT2D eigenvalue weighted by molar-refractivity contribution is 5.83. The minimum absolute atomic E-state index is 0.373. The molecule has 0 aromatic heterocycles. The molecule has 2 heteroatoms. The zero-order chi connectivity index (χ0) is 11.0. The van der Waals surface area contributed by atoms with Crippen molar-refractivity contribution in [1.82, 2.24) is 0 Å². The third-order valence-electron chi connectivity index (χ3n) is 4.10. The van der Waals surface area contributed by atoms with E-state index in [9.17, 15) is 4.79 Å². The van der Waals surface area contributed by atoms with E-state index in [1.807, 2.05) is 0 Å². The molecular formula is C14H18NO+. The molecule has 2 fully saturated rings. The number of rotatable bonds is 2. The number of fused-ring (bicyclic) bond motifs is 2. The maximum absolute atomic E-state index is 11.8. The molecule has 2 heterocycles. The van der Waals surface area contributed by atoms with Crippen LogP contribution < -0.4 is 0 Å². The van der Waals surface area contributed by atoms with Gasteiger partial charge in [-0.2, -0.15) is 0 Å². The molecule has 2 atom stereocenters. The molecule has 16 heavy (non-hydrogen) atoms. The van der Waals surface area contributed by atoms with Crippen LogP contribution in [0, 0.1) is 5.92 Å². The summed E-state index contributed by atoms with van der Waals surface area (Å²) in [4.78, 5) is 11.8. The van der Waals surface area contributed by atoms with Crippen LogP contribution in [0.2, 0.25) is 0 Å². The van der Waals surface area contributed by atoms with E-state index in [-0.39, 0.29) is 0 Å². The lowest BCUT2D eigenvalue weighted by molar-refractivity contribution is -0.931. The van der Waals surface area contributed by atoms with E-state index in [0.717, 1.165) is 30.5 Å². The van der Waals surface area contributed by atoms with Crippen molar-refractivity contribution in [1.29, 1.82) is 0 Å². The summed E-state index contributed by atoms with van der Waals surface area (Å²) in [6.45, 7) is 4.10. The predicted molar refractivity (Wildman–Crippen MR) is 62.7 cm³/mol. The van der Waals surface area contributed by atoms with Gasteiger partial charge in [-0.1, -0.05) is 30.3 Å². The SMILES string of the molecule is O=C1C[N+]2(Cc3ccccc3)CCCC1C2. The molecule has 3 rings (SSSR count). The van der Waals surface area contributed by atoms with Gasteiger partial charge in [0.25, 0.3) is 0 Å². The number of hydrogen-bond acceptors (Lipinski definition) is 1. The lowest BCUT2D eigenvalue weighted by Crippen LogP contribution is -2.47. The number of carbonyl (C=O) groups excluding carboxylic acids is 1. The van der Waals surface area contributed by atoms with Gasteiger partial charge < -0.3 is 4.48 Å². The molecule has 2 nitrogen and oxygen atoms in total. The standard InChI is InChI=1S/C14H18NO/c16-14-11-15(8-4-7-13(14)10-15)9-12-5-2-1-3-6-12/h1-3,5-6,13H,4,7-11H2/q+1. The third-order valence-corrected chi connectivity index (χ3v) is 4.10. The van der Waals surface area contributed by atoms with E-state index in [2.05, 4.69) is 30.3 Å². The first-order chi connectivity index (χ1) is 7.77. The summed E-state index contributed by atoms with van der Waals surface area (Å²) in [6, 6.07) is 10.6. The molecular weight excluding hydrogens is 198 g/mol. The lowest BCUT2D eigenvalue weighted by atomic mass is 9.99. The molecule has 0 amide bonds. The summed E-state index contributed by atoms with van der Waals surface area (Å²) in [6.07, 6.45) is 2.36. The number of nitrogens with zero attached hydrogens (tertiary/aromatic N) is 1. The number of quaternary nitrogens is 1. The lowest BCUT2D eigenvalue weighted by Gasteiger charge is -2.36. The Bertz CT molecular complexity index is 400. The van der Waals surface area contributed by atoms with Gasteiger partial charge in [0.2, 0.25) is 0 Å². The molecule has 0 N–H and O–H groups in total. The van der Waals surface area contributed by atoms with Gasteiger partial charge in [-0.05, 0) is 12.8 Å². The third kappa shape index (κ3) is 1.67. The molecule has 2 unspecified atom stereocenters. The van der Waals surface area contributed by atoms with Crippen LogP contribution in [0.4, 0.5) is 0 Å². The highest BCUT2D eigenvalue weighted by Crippen LogP contribution is 2.33. The van der Waals surface area contributed by atoms with Crippen molar-refractivity contribution in [2.75, 3.05) is 19.6 Å². The molecule has 2 saturated heterocycles. The molecule has 0 aliphatic carbocycles. The van der Waals surface area contributed by atoms with E-state index >= 15 is 0 Å². The van der Waals surface area contributed by atoms with Crippen LogP contribution in [0.25, 0.3) is 0 Å². The van der Waals surface area contributed by atoms with Crippen LogP contribution in [-0.4, -0.2) is 29.9 Å². The Labute approximate surface area is 96.5 Å². The van der Waals surface area contributed by atoms with Crippen LogP contribution in [0.15, 0.2) is 30.3 Å². The van der Waals surface area contributed by atoms with Crippen LogP contribution >= 0.6 is 0 Å². The maximum Gasteiger partial charge on any atom is 0.195 e. The molecule has 84 valence electrons. The Hall–Kier alpha value is -1.15. The van der Waals surface area contributed by atoms with Crippen molar-refractivity contribution in [2.45, 2.75) is 19.4 Å². The maximum atomic E-state index is 11.8. The topological polar surface area (TPSA) is 17.1 Å². The van der Waals surface area contributed by atoms with Crippen LogP contribution in [0.5, 0.6) is 0 Å². The summed E-state index contributed by atoms with van der Waals surface area (Å²) < 4.78 is 1.02. The Balaban J connectivity index is 1.82. The predicted octanol–water partition coefficient (Wildman–Crippen LogP) is 2.00. The van der Waals surface area contributed by atoms with Crippen molar-refractivity contribution in [3.05, 3.63) is 35.9 Å². The van der Waals surface area contributed by atoms with Crippen molar-refractivity contribution in [3.63, 3.8) is 0 Å². The van der Waals surface area contributed by atoms with E-state index in [1.165, 1.54) is 18.5 Å². The molecule has 1 aromatic rings. The average molecular weight is 216 g/mol. The number of piperidine rings is 1.